The number of hydrazine groups is 1. The van der Waals surface area contributed by atoms with Crippen LogP contribution in [0.5, 0.6) is 0 Å². The first-order chi connectivity index (χ1) is 11.0. The van der Waals surface area contributed by atoms with Crippen LogP contribution in [0.15, 0.2) is 53.6 Å². The molecule has 0 unspecified atom stereocenters. The van der Waals surface area contributed by atoms with Crippen LogP contribution in [0.25, 0.3) is 10.9 Å². The van der Waals surface area contributed by atoms with E-state index in [4.69, 9.17) is 5.11 Å². The summed E-state index contributed by atoms with van der Waals surface area (Å²) in [7, 11) is 0. The largest absolute Gasteiger partial charge is 0.478 e. The topological polar surface area (TPSA) is 108 Å². The van der Waals surface area contributed by atoms with Gasteiger partial charge < -0.3 is 5.11 Å². The first-order valence-electron chi connectivity index (χ1n) is 6.53. The second-order valence-corrected chi connectivity index (χ2v) is 5.34. The normalized spacial score (nSPS) is 10.6. The van der Waals surface area contributed by atoms with E-state index in [1.165, 1.54) is 11.8 Å². The molecule has 1 heterocycles. The van der Waals surface area contributed by atoms with Gasteiger partial charge in [-0.25, -0.2) is 9.78 Å². The monoisotopic (exact) mass is 331 g/mol. The molecule has 23 heavy (non-hydrogen) atoms. The van der Waals surface area contributed by atoms with E-state index in [9.17, 15) is 14.4 Å². The van der Waals surface area contributed by atoms with Gasteiger partial charge in [-0.3, -0.25) is 20.4 Å². The Balaban J connectivity index is 1.81. The van der Waals surface area contributed by atoms with E-state index in [1.807, 2.05) is 36.4 Å². The molecule has 3 N–H and O–H groups in total. The van der Waals surface area contributed by atoms with Crippen LogP contribution >= 0.6 is 11.8 Å². The second-order valence-electron chi connectivity index (χ2n) is 4.34. The standard InChI is InChI=1S/C15H13N3O4S/c19-12(6-8-15(21)22)17-18-13(20)9-23-14-7-5-10-3-1-2-4-11(10)16-14/h1-8H,9H2,(H,17,19)(H,18,20)(H,21,22)/b8-6-. The second kappa shape index (κ2) is 7.95. The molecular weight excluding hydrogens is 318 g/mol. The molecule has 0 radical (unpaired) electrons. The lowest BCUT2D eigenvalue weighted by molar-refractivity contribution is -0.131. The molecule has 0 saturated heterocycles. The molecule has 1 aromatic carbocycles. The number of carbonyl (C=O) groups excluding carboxylic acids is 2. The van der Waals surface area contributed by atoms with Crippen molar-refractivity contribution in [1.29, 1.82) is 0 Å². The van der Waals surface area contributed by atoms with Gasteiger partial charge in [-0.1, -0.05) is 36.0 Å². The predicted molar refractivity (Wildman–Crippen MR) is 85.5 cm³/mol. The first-order valence-corrected chi connectivity index (χ1v) is 7.51. The summed E-state index contributed by atoms with van der Waals surface area (Å²) in [5, 5.41) is 10.1. The van der Waals surface area contributed by atoms with E-state index in [1.54, 1.807) is 0 Å². The number of aromatic nitrogens is 1. The maximum atomic E-state index is 11.6. The zero-order valence-electron chi connectivity index (χ0n) is 11.9. The van der Waals surface area contributed by atoms with Gasteiger partial charge in [-0.05, 0) is 12.1 Å². The molecule has 0 aliphatic heterocycles. The number of fused-ring (bicyclic) bond motifs is 1. The van der Waals surface area contributed by atoms with Gasteiger partial charge in [0.05, 0.1) is 16.3 Å². The van der Waals surface area contributed by atoms with Crippen molar-refractivity contribution in [2.24, 2.45) is 0 Å². The average Bonchev–Trinajstić information content (AvgIpc) is 2.56. The summed E-state index contributed by atoms with van der Waals surface area (Å²) in [4.78, 5) is 37.4. The van der Waals surface area contributed by atoms with Crippen LogP contribution in [0.2, 0.25) is 0 Å². The van der Waals surface area contributed by atoms with Gasteiger partial charge >= 0.3 is 5.97 Å². The number of hydrogen-bond donors (Lipinski definition) is 3. The molecule has 2 rings (SSSR count). The zero-order chi connectivity index (χ0) is 16.7. The van der Waals surface area contributed by atoms with Crippen molar-refractivity contribution in [3.05, 3.63) is 48.6 Å². The number of benzene rings is 1. The molecule has 0 aliphatic carbocycles. The Hall–Kier alpha value is -2.87. The predicted octanol–water partition coefficient (Wildman–Crippen LogP) is 1.12. The number of carbonyl (C=O) groups is 3. The van der Waals surface area contributed by atoms with Gasteiger partial charge in [0, 0.05) is 17.5 Å². The van der Waals surface area contributed by atoms with Gasteiger partial charge in [0.25, 0.3) is 5.91 Å². The third kappa shape index (κ3) is 5.44. The highest BCUT2D eigenvalue weighted by Crippen LogP contribution is 2.19. The molecule has 118 valence electrons. The van der Waals surface area contributed by atoms with E-state index in [-0.39, 0.29) is 5.75 Å². The van der Waals surface area contributed by atoms with Gasteiger partial charge in [-0.15, -0.1) is 0 Å². The third-order valence-corrected chi connectivity index (χ3v) is 3.56. The SMILES string of the molecule is O=C(O)/C=C\C(=O)NNC(=O)CSc1ccc2ccccc2n1. The minimum absolute atomic E-state index is 0.0638. The summed E-state index contributed by atoms with van der Waals surface area (Å²) in [5.74, 6) is -2.34. The average molecular weight is 331 g/mol. The fraction of sp³-hybridized carbons (Fsp3) is 0.0667. The van der Waals surface area contributed by atoms with Crippen molar-refractivity contribution in [3.8, 4) is 0 Å². The van der Waals surface area contributed by atoms with Gasteiger partial charge in [0.15, 0.2) is 0 Å². The van der Waals surface area contributed by atoms with E-state index >= 15 is 0 Å². The molecule has 0 fully saturated rings. The van der Waals surface area contributed by atoms with E-state index < -0.39 is 17.8 Å². The Labute approximate surface area is 135 Å². The van der Waals surface area contributed by atoms with E-state index in [0.717, 1.165) is 17.0 Å². The summed E-state index contributed by atoms with van der Waals surface area (Å²) in [6.07, 6.45) is 1.48. The van der Waals surface area contributed by atoms with E-state index in [0.29, 0.717) is 11.1 Å². The molecule has 0 saturated carbocycles. The van der Waals surface area contributed by atoms with Crippen LogP contribution in [0.1, 0.15) is 0 Å². The number of carboxylic acid groups (broad SMARTS) is 1. The zero-order valence-corrected chi connectivity index (χ0v) is 12.7. The number of hydrogen-bond acceptors (Lipinski definition) is 5. The smallest absolute Gasteiger partial charge is 0.328 e. The fourth-order valence-corrected chi connectivity index (χ4v) is 2.30. The quantitative estimate of drug-likeness (QED) is 0.430. The Kier molecular flexibility index (Phi) is 5.70. The molecule has 2 aromatic rings. The lowest BCUT2D eigenvalue weighted by Gasteiger charge is -2.05. The molecular formula is C15H13N3O4S. The van der Waals surface area contributed by atoms with Gasteiger partial charge in [-0.2, -0.15) is 0 Å². The number of nitrogens with zero attached hydrogens (tertiary/aromatic N) is 1. The Bertz CT molecular complexity index is 776. The van der Waals surface area contributed by atoms with Crippen LogP contribution < -0.4 is 10.9 Å². The Morgan fingerprint density at radius 1 is 1.09 bits per heavy atom. The minimum atomic E-state index is -1.25. The van der Waals surface area contributed by atoms with Crippen LogP contribution in [-0.4, -0.2) is 33.6 Å². The molecule has 0 spiro atoms. The minimum Gasteiger partial charge on any atom is -0.478 e. The number of nitrogens with one attached hydrogen (secondary N) is 2. The molecule has 0 aliphatic rings. The lowest BCUT2D eigenvalue weighted by atomic mass is 10.2. The molecule has 2 amide bonds. The number of rotatable bonds is 5. The number of para-hydroxylation sites is 1. The molecule has 7 nitrogen and oxygen atoms in total. The lowest BCUT2D eigenvalue weighted by Crippen LogP contribution is -2.41. The molecule has 8 heteroatoms. The van der Waals surface area contributed by atoms with Crippen LogP contribution in [0.3, 0.4) is 0 Å². The van der Waals surface area contributed by atoms with Crippen molar-refractivity contribution >= 4 is 40.4 Å². The van der Waals surface area contributed by atoms with Crippen LogP contribution in [0.4, 0.5) is 0 Å². The number of amides is 2. The number of thioether (sulfide) groups is 1. The number of aliphatic carboxylic acids is 1. The van der Waals surface area contributed by atoms with E-state index in [2.05, 4.69) is 15.8 Å². The molecule has 1 aromatic heterocycles. The highest BCUT2D eigenvalue weighted by atomic mass is 32.2. The summed E-state index contributed by atoms with van der Waals surface area (Å²) >= 11 is 1.23. The Morgan fingerprint density at radius 3 is 2.65 bits per heavy atom. The first kappa shape index (κ1) is 16.5. The molecule has 0 bridgehead atoms. The fourth-order valence-electron chi connectivity index (χ4n) is 1.62. The summed E-state index contributed by atoms with van der Waals surface area (Å²) in [6.45, 7) is 0. The maximum Gasteiger partial charge on any atom is 0.328 e. The van der Waals surface area contributed by atoms with Crippen LogP contribution in [-0.2, 0) is 14.4 Å². The van der Waals surface area contributed by atoms with Gasteiger partial charge in [0.2, 0.25) is 5.91 Å². The molecule has 0 atom stereocenters. The van der Waals surface area contributed by atoms with Crippen molar-refractivity contribution in [2.75, 3.05) is 5.75 Å². The van der Waals surface area contributed by atoms with Crippen molar-refractivity contribution in [3.63, 3.8) is 0 Å². The van der Waals surface area contributed by atoms with Crippen molar-refractivity contribution in [2.45, 2.75) is 5.03 Å². The summed E-state index contributed by atoms with van der Waals surface area (Å²) in [6, 6.07) is 11.4. The van der Waals surface area contributed by atoms with Gasteiger partial charge in [0.1, 0.15) is 0 Å². The highest BCUT2D eigenvalue weighted by Gasteiger charge is 2.05. The maximum absolute atomic E-state index is 11.6. The van der Waals surface area contributed by atoms with Crippen molar-refractivity contribution in [1.82, 2.24) is 15.8 Å². The Morgan fingerprint density at radius 2 is 1.87 bits per heavy atom. The highest BCUT2D eigenvalue weighted by molar-refractivity contribution is 7.99. The number of pyridine rings is 1. The third-order valence-electron chi connectivity index (χ3n) is 2.63. The summed E-state index contributed by atoms with van der Waals surface area (Å²) < 4.78 is 0. The summed E-state index contributed by atoms with van der Waals surface area (Å²) in [5.41, 5.74) is 5.10. The van der Waals surface area contributed by atoms with Crippen LogP contribution in [0, 0.1) is 0 Å². The number of carboxylic acids is 1. The van der Waals surface area contributed by atoms with Crippen molar-refractivity contribution < 1.29 is 19.5 Å².